The number of nitrogens with one attached hydrogen (secondary N) is 1. The first-order valence-corrected chi connectivity index (χ1v) is 7.72. The number of guanidine groups is 1. The minimum Gasteiger partial charge on any atom is -0.370 e. The van der Waals surface area contributed by atoms with Crippen LogP contribution in [-0.2, 0) is 6.42 Å². The number of aliphatic imine (C=N–C) groups is 1. The molecule has 0 aliphatic carbocycles. The minimum absolute atomic E-state index is 0. The summed E-state index contributed by atoms with van der Waals surface area (Å²) in [5.41, 5.74) is 7.97. The smallest absolute Gasteiger partial charge is 0.189 e. The van der Waals surface area contributed by atoms with E-state index in [2.05, 4.69) is 15.3 Å². The Balaban J connectivity index is 0.00000264. The molecule has 0 amide bonds. The predicted octanol–water partition coefficient (Wildman–Crippen LogP) is 4.21. The maximum absolute atomic E-state index is 6.18. The lowest BCUT2D eigenvalue weighted by Gasteiger charge is -2.16. The average Bonchev–Trinajstić information content (AvgIpc) is 2.48. The van der Waals surface area contributed by atoms with Crippen LogP contribution in [0.15, 0.2) is 47.7 Å². The fraction of sp³-hybridized carbons (Fsp3) is 0.250. The Morgan fingerprint density at radius 2 is 2.13 bits per heavy atom. The third-order valence-electron chi connectivity index (χ3n) is 3.20. The second-order valence-electron chi connectivity index (χ2n) is 4.91. The van der Waals surface area contributed by atoms with Crippen LogP contribution < -0.4 is 11.1 Å². The van der Waals surface area contributed by atoms with E-state index in [-0.39, 0.29) is 30.0 Å². The van der Waals surface area contributed by atoms with Crippen molar-refractivity contribution >= 4 is 53.1 Å². The van der Waals surface area contributed by atoms with Gasteiger partial charge in [0.2, 0.25) is 0 Å². The molecular weight excluding hydrogens is 446 g/mol. The third-order valence-corrected chi connectivity index (χ3v) is 3.76. The Bertz CT molecular complexity index is 650. The number of rotatable bonds is 5. The largest absolute Gasteiger partial charge is 0.370 e. The van der Waals surface area contributed by atoms with Crippen LogP contribution in [0.4, 0.5) is 0 Å². The first-order chi connectivity index (χ1) is 10.6. The maximum atomic E-state index is 6.18. The van der Waals surface area contributed by atoms with E-state index in [1.54, 1.807) is 18.3 Å². The van der Waals surface area contributed by atoms with Gasteiger partial charge in [0.05, 0.1) is 6.04 Å². The first kappa shape index (κ1) is 20.0. The van der Waals surface area contributed by atoms with E-state index in [1.165, 1.54) is 0 Å². The van der Waals surface area contributed by atoms with Gasteiger partial charge in [0.1, 0.15) is 0 Å². The van der Waals surface area contributed by atoms with Gasteiger partial charge in [-0.3, -0.25) is 9.98 Å². The molecule has 1 heterocycles. The molecule has 0 radical (unpaired) electrons. The molecule has 1 atom stereocenters. The fourth-order valence-corrected chi connectivity index (χ4v) is 2.62. The van der Waals surface area contributed by atoms with Crippen molar-refractivity contribution in [3.8, 4) is 0 Å². The predicted molar refractivity (Wildman–Crippen MR) is 108 cm³/mol. The molecule has 0 bridgehead atoms. The number of hydrogen-bond acceptors (Lipinski definition) is 2. The van der Waals surface area contributed by atoms with Crippen LogP contribution >= 0.6 is 47.2 Å². The van der Waals surface area contributed by atoms with Crippen molar-refractivity contribution in [2.45, 2.75) is 19.4 Å². The van der Waals surface area contributed by atoms with Crippen molar-refractivity contribution in [3.63, 3.8) is 0 Å². The van der Waals surface area contributed by atoms with E-state index in [0.717, 1.165) is 17.5 Å². The van der Waals surface area contributed by atoms with Crippen molar-refractivity contribution in [1.82, 2.24) is 10.3 Å². The molecule has 0 aliphatic heterocycles. The Morgan fingerprint density at radius 1 is 1.35 bits per heavy atom. The molecule has 7 heteroatoms. The lowest BCUT2D eigenvalue weighted by molar-refractivity contribution is 0.707. The summed E-state index contributed by atoms with van der Waals surface area (Å²) in [6, 6.07) is 9.27. The van der Waals surface area contributed by atoms with Crippen LogP contribution in [0.5, 0.6) is 0 Å². The molecule has 1 aromatic heterocycles. The summed E-state index contributed by atoms with van der Waals surface area (Å²) in [5.74, 6) is 0.391. The minimum atomic E-state index is -0.0492. The van der Waals surface area contributed by atoms with Crippen LogP contribution in [0.2, 0.25) is 10.0 Å². The summed E-state index contributed by atoms with van der Waals surface area (Å²) >= 11 is 12.1. The van der Waals surface area contributed by atoms with Gasteiger partial charge >= 0.3 is 0 Å². The molecule has 2 aromatic rings. The highest BCUT2D eigenvalue weighted by molar-refractivity contribution is 14.0. The molecule has 0 aliphatic rings. The fourth-order valence-electron chi connectivity index (χ4n) is 2.05. The maximum Gasteiger partial charge on any atom is 0.189 e. The highest BCUT2D eigenvalue weighted by atomic mass is 127. The molecule has 0 fully saturated rings. The van der Waals surface area contributed by atoms with Gasteiger partial charge in [-0.2, -0.15) is 0 Å². The number of pyridine rings is 1. The standard InChI is InChI=1S/C16H18Cl2N4.HI/c1-11(14-5-4-13(17)9-15(14)18)22-16(19)21-8-6-12-3-2-7-20-10-12;/h2-5,7,9-11H,6,8H2,1H3,(H3,19,21,22);1H. The number of nitrogens with two attached hydrogens (primary N) is 1. The van der Waals surface area contributed by atoms with E-state index >= 15 is 0 Å². The molecule has 0 spiro atoms. The summed E-state index contributed by atoms with van der Waals surface area (Å²) in [6.45, 7) is 2.57. The summed E-state index contributed by atoms with van der Waals surface area (Å²) in [5, 5.41) is 4.34. The van der Waals surface area contributed by atoms with Crippen molar-refractivity contribution in [1.29, 1.82) is 0 Å². The quantitative estimate of drug-likeness (QED) is 0.395. The molecule has 124 valence electrons. The summed E-state index contributed by atoms with van der Waals surface area (Å²) < 4.78 is 0. The summed E-state index contributed by atoms with van der Waals surface area (Å²) in [7, 11) is 0. The molecule has 1 unspecified atom stereocenters. The molecule has 0 saturated heterocycles. The molecule has 2 rings (SSSR count). The van der Waals surface area contributed by atoms with Gasteiger partial charge in [-0.25, -0.2) is 0 Å². The average molecular weight is 465 g/mol. The van der Waals surface area contributed by atoms with Gasteiger partial charge in [0, 0.05) is 29.0 Å². The van der Waals surface area contributed by atoms with Gasteiger partial charge in [-0.05, 0) is 42.7 Å². The highest BCUT2D eigenvalue weighted by Crippen LogP contribution is 2.25. The van der Waals surface area contributed by atoms with Gasteiger partial charge in [0.15, 0.2) is 5.96 Å². The van der Waals surface area contributed by atoms with Crippen molar-refractivity contribution in [2.75, 3.05) is 6.54 Å². The zero-order chi connectivity index (χ0) is 15.9. The Labute approximate surface area is 163 Å². The van der Waals surface area contributed by atoms with E-state index in [9.17, 15) is 0 Å². The topological polar surface area (TPSA) is 63.3 Å². The zero-order valence-electron chi connectivity index (χ0n) is 12.7. The lowest BCUT2D eigenvalue weighted by atomic mass is 10.1. The lowest BCUT2D eigenvalue weighted by Crippen LogP contribution is -2.34. The van der Waals surface area contributed by atoms with Crippen molar-refractivity contribution < 1.29 is 0 Å². The van der Waals surface area contributed by atoms with E-state index in [1.807, 2.05) is 31.3 Å². The van der Waals surface area contributed by atoms with Gasteiger partial charge in [-0.15, -0.1) is 24.0 Å². The summed E-state index contributed by atoms with van der Waals surface area (Å²) in [6.07, 6.45) is 4.38. The number of hydrogen-bond donors (Lipinski definition) is 2. The monoisotopic (exact) mass is 464 g/mol. The van der Waals surface area contributed by atoms with E-state index in [4.69, 9.17) is 28.9 Å². The third kappa shape index (κ3) is 6.53. The molecule has 4 nitrogen and oxygen atoms in total. The van der Waals surface area contributed by atoms with Crippen LogP contribution in [0.3, 0.4) is 0 Å². The zero-order valence-corrected chi connectivity index (χ0v) is 16.5. The van der Waals surface area contributed by atoms with E-state index in [0.29, 0.717) is 22.5 Å². The molecule has 1 aromatic carbocycles. The normalized spacial score (nSPS) is 12.4. The van der Waals surface area contributed by atoms with Crippen molar-refractivity contribution in [2.24, 2.45) is 10.7 Å². The van der Waals surface area contributed by atoms with Gasteiger partial charge in [-0.1, -0.05) is 35.3 Å². The Morgan fingerprint density at radius 3 is 2.78 bits per heavy atom. The highest BCUT2D eigenvalue weighted by Gasteiger charge is 2.10. The number of aromatic nitrogens is 1. The Hall–Kier alpha value is -1.05. The number of halogens is 3. The van der Waals surface area contributed by atoms with Crippen LogP contribution in [0.1, 0.15) is 24.1 Å². The molecule has 3 N–H and O–H groups in total. The van der Waals surface area contributed by atoms with Crippen LogP contribution in [0.25, 0.3) is 0 Å². The molecule has 23 heavy (non-hydrogen) atoms. The van der Waals surface area contributed by atoms with Crippen molar-refractivity contribution in [3.05, 3.63) is 63.9 Å². The second kappa shape index (κ2) is 9.95. The second-order valence-corrected chi connectivity index (χ2v) is 5.75. The SMILES string of the molecule is CC(NC(N)=NCCc1cccnc1)c1ccc(Cl)cc1Cl.I. The Kier molecular flexibility index (Phi) is 8.65. The molecule has 0 saturated carbocycles. The van der Waals surface area contributed by atoms with Gasteiger partial charge in [0.25, 0.3) is 0 Å². The van der Waals surface area contributed by atoms with Crippen LogP contribution in [-0.4, -0.2) is 17.5 Å². The molecular formula is C16H19Cl2IN4. The number of benzene rings is 1. The van der Waals surface area contributed by atoms with Crippen LogP contribution in [0, 0.1) is 0 Å². The number of nitrogens with zero attached hydrogens (tertiary/aromatic N) is 2. The van der Waals surface area contributed by atoms with Gasteiger partial charge < -0.3 is 11.1 Å². The first-order valence-electron chi connectivity index (χ1n) is 6.96. The van der Waals surface area contributed by atoms with E-state index < -0.39 is 0 Å². The summed E-state index contributed by atoms with van der Waals surface area (Å²) in [4.78, 5) is 8.39.